The molecule has 9 nitrogen and oxygen atoms in total. The zero-order valence-electron chi connectivity index (χ0n) is 20.2. The summed E-state index contributed by atoms with van der Waals surface area (Å²) in [6.45, 7) is 10.3. The third-order valence-corrected chi connectivity index (χ3v) is 6.17. The largest absolute Gasteiger partial charge is 0.444 e. The number of carbonyl (C=O) groups excluding carboxylic acids is 2. The first kappa shape index (κ1) is 23.7. The van der Waals surface area contributed by atoms with Crippen LogP contribution < -0.4 is 10.2 Å². The van der Waals surface area contributed by atoms with Crippen LogP contribution in [0.2, 0.25) is 0 Å². The lowest BCUT2D eigenvalue weighted by Crippen LogP contribution is -2.54. The van der Waals surface area contributed by atoms with Crippen molar-refractivity contribution >= 4 is 28.7 Å². The van der Waals surface area contributed by atoms with Gasteiger partial charge in [0, 0.05) is 57.0 Å². The van der Waals surface area contributed by atoms with Crippen molar-refractivity contribution in [3.8, 4) is 6.07 Å². The zero-order valence-corrected chi connectivity index (χ0v) is 20.2. The van der Waals surface area contributed by atoms with Gasteiger partial charge < -0.3 is 19.9 Å². The van der Waals surface area contributed by atoms with Crippen molar-refractivity contribution in [1.29, 1.82) is 5.26 Å². The molecular formula is C25H32N6O3. The van der Waals surface area contributed by atoms with Gasteiger partial charge >= 0.3 is 6.09 Å². The molecule has 9 heteroatoms. The second kappa shape index (κ2) is 9.45. The van der Waals surface area contributed by atoms with Crippen molar-refractivity contribution in [1.82, 2.24) is 20.2 Å². The maximum absolute atomic E-state index is 12.7. The SMILES string of the molecule is CC1C[C@@H](NC(=O)CC2CN(C(=O)OC(C)(C)C)C2)CN(c2ccc(C#N)c3nccnc23)C1. The molecule has 0 radical (unpaired) electrons. The Bertz CT molecular complexity index is 1120. The quantitative estimate of drug-likeness (QED) is 0.740. The minimum absolute atomic E-state index is 0.0115. The molecule has 2 aliphatic rings. The molecule has 4 rings (SSSR count). The van der Waals surface area contributed by atoms with Crippen LogP contribution in [0.3, 0.4) is 0 Å². The van der Waals surface area contributed by atoms with Crippen LogP contribution in [-0.4, -0.2) is 64.7 Å². The predicted octanol–water partition coefficient (Wildman–Crippen LogP) is 3.09. The average Bonchev–Trinajstić information content (AvgIpc) is 2.73. The Hall–Kier alpha value is -3.41. The lowest BCUT2D eigenvalue weighted by molar-refractivity contribution is -0.124. The van der Waals surface area contributed by atoms with E-state index in [2.05, 4.69) is 33.2 Å². The second-order valence-corrected chi connectivity index (χ2v) is 10.5. The molecule has 0 spiro atoms. The number of hydrogen-bond donors (Lipinski definition) is 1. The molecule has 2 amide bonds. The number of aromatic nitrogens is 2. The van der Waals surface area contributed by atoms with E-state index < -0.39 is 5.60 Å². The molecule has 2 saturated heterocycles. The van der Waals surface area contributed by atoms with Crippen LogP contribution in [0.4, 0.5) is 10.5 Å². The van der Waals surface area contributed by atoms with E-state index in [1.807, 2.05) is 26.8 Å². The van der Waals surface area contributed by atoms with Crippen LogP contribution >= 0.6 is 0 Å². The van der Waals surface area contributed by atoms with Crippen LogP contribution in [0.1, 0.15) is 46.1 Å². The first-order chi connectivity index (χ1) is 16.1. The molecule has 3 heterocycles. The van der Waals surface area contributed by atoms with Crippen LogP contribution in [0, 0.1) is 23.2 Å². The molecule has 1 aromatic heterocycles. The van der Waals surface area contributed by atoms with Gasteiger partial charge in [-0.15, -0.1) is 0 Å². The standard InChI is InChI=1S/C25H32N6O3/c1-16-9-19(29-21(32)10-17-13-31(14-17)24(33)34-25(2,3)4)15-30(12-16)20-6-5-18(11-26)22-23(20)28-8-7-27-22/h5-8,16-17,19H,9-10,12-15H2,1-4H3,(H,29,32)/t16?,19-/m1/s1. The Labute approximate surface area is 200 Å². The fraction of sp³-hybridized carbons (Fsp3) is 0.560. The molecule has 0 saturated carbocycles. The Morgan fingerprint density at radius 2 is 1.85 bits per heavy atom. The van der Waals surface area contributed by atoms with Crippen LogP contribution in [-0.2, 0) is 9.53 Å². The Morgan fingerprint density at radius 3 is 2.53 bits per heavy atom. The van der Waals surface area contributed by atoms with Gasteiger partial charge in [-0.2, -0.15) is 5.26 Å². The van der Waals surface area contributed by atoms with Crippen LogP contribution in [0.5, 0.6) is 0 Å². The van der Waals surface area contributed by atoms with Gasteiger partial charge in [0.15, 0.2) is 0 Å². The number of nitrogens with one attached hydrogen (secondary N) is 1. The molecule has 1 aromatic carbocycles. The molecule has 34 heavy (non-hydrogen) atoms. The fourth-order valence-corrected chi connectivity index (χ4v) is 4.76. The van der Waals surface area contributed by atoms with Gasteiger partial charge in [-0.25, -0.2) is 4.79 Å². The number of piperidine rings is 1. The number of benzene rings is 1. The molecule has 1 unspecified atom stereocenters. The van der Waals surface area contributed by atoms with E-state index in [-0.39, 0.29) is 24.0 Å². The summed E-state index contributed by atoms with van der Waals surface area (Å²) < 4.78 is 5.38. The summed E-state index contributed by atoms with van der Waals surface area (Å²) in [5, 5.41) is 12.6. The van der Waals surface area contributed by atoms with Crippen LogP contribution in [0.15, 0.2) is 24.5 Å². The Morgan fingerprint density at radius 1 is 1.15 bits per heavy atom. The highest BCUT2D eigenvalue weighted by molar-refractivity contribution is 5.92. The first-order valence-electron chi connectivity index (χ1n) is 11.8. The van der Waals surface area contributed by atoms with E-state index in [0.717, 1.165) is 18.7 Å². The number of carbonyl (C=O) groups is 2. The topological polar surface area (TPSA) is 111 Å². The molecule has 0 bridgehead atoms. The highest BCUT2D eigenvalue weighted by atomic mass is 16.6. The smallest absolute Gasteiger partial charge is 0.410 e. The lowest BCUT2D eigenvalue weighted by atomic mass is 9.93. The summed E-state index contributed by atoms with van der Waals surface area (Å²) in [4.78, 5) is 37.6. The summed E-state index contributed by atoms with van der Waals surface area (Å²) in [6.07, 6.45) is 4.21. The van der Waals surface area contributed by atoms with E-state index in [1.165, 1.54) is 0 Å². The molecule has 0 aliphatic carbocycles. The molecular weight excluding hydrogens is 432 g/mol. The van der Waals surface area contributed by atoms with Gasteiger partial charge in [-0.1, -0.05) is 6.92 Å². The summed E-state index contributed by atoms with van der Waals surface area (Å²) in [6, 6.07) is 5.90. The first-order valence-corrected chi connectivity index (χ1v) is 11.8. The summed E-state index contributed by atoms with van der Waals surface area (Å²) in [5.74, 6) is 0.549. The number of anilines is 1. The molecule has 2 aliphatic heterocycles. The van der Waals surface area contributed by atoms with Gasteiger partial charge in [0.2, 0.25) is 5.91 Å². The van der Waals surface area contributed by atoms with Crippen molar-refractivity contribution < 1.29 is 14.3 Å². The Kier molecular flexibility index (Phi) is 6.60. The lowest BCUT2D eigenvalue weighted by Gasteiger charge is -2.40. The number of ether oxygens (including phenoxy) is 1. The predicted molar refractivity (Wildman–Crippen MR) is 128 cm³/mol. The van der Waals surface area contributed by atoms with Gasteiger partial charge in [-0.05, 0) is 45.2 Å². The fourth-order valence-electron chi connectivity index (χ4n) is 4.76. The average molecular weight is 465 g/mol. The zero-order chi connectivity index (χ0) is 24.5. The maximum Gasteiger partial charge on any atom is 0.410 e. The number of rotatable bonds is 4. The van der Waals surface area contributed by atoms with Crippen molar-refractivity contribution in [2.45, 2.75) is 52.2 Å². The maximum atomic E-state index is 12.7. The molecule has 2 atom stereocenters. The van der Waals surface area contributed by atoms with Gasteiger partial charge in [0.25, 0.3) is 0 Å². The monoisotopic (exact) mass is 464 g/mol. The minimum atomic E-state index is -0.519. The number of fused-ring (bicyclic) bond motifs is 1. The number of nitriles is 1. The normalized spacial score (nSPS) is 21.0. The number of amides is 2. The second-order valence-electron chi connectivity index (χ2n) is 10.5. The van der Waals surface area contributed by atoms with Crippen molar-refractivity contribution in [3.63, 3.8) is 0 Å². The molecule has 180 valence electrons. The minimum Gasteiger partial charge on any atom is -0.444 e. The van der Waals surface area contributed by atoms with E-state index in [9.17, 15) is 14.9 Å². The molecule has 2 fully saturated rings. The summed E-state index contributed by atoms with van der Waals surface area (Å²) >= 11 is 0. The third-order valence-electron chi connectivity index (χ3n) is 6.17. The number of hydrogen-bond acceptors (Lipinski definition) is 7. The number of nitrogens with zero attached hydrogens (tertiary/aromatic N) is 5. The summed E-state index contributed by atoms with van der Waals surface area (Å²) in [5.41, 5.74) is 2.22. The van der Waals surface area contributed by atoms with E-state index in [1.54, 1.807) is 23.4 Å². The van der Waals surface area contributed by atoms with Gasteiger partial charge in [0.05, 0.1) is 11.3 Å². The van der Waals surface area contributed by atoms with E-state index in [4.69, 9.17) is 4.74 Å². The van der Waals surface area contributed by atoms with Gasteiger partial charge in [-0.3, -0.25) is 14.8 Å². The highest BCUT2D eigenvalue weighted by Gasteiger charge is 2.35. The molecule has 1 N–H and O–H groups in total. The van der Waals surface area contributed by atoms with E-state index >= 15 is 0 Å². The number of likely N-dealkylation sites (tertiary alicyclic amines) is 1. The molecule has 2 aromatic rings. The van der Waals surface area contributed by atoms with Crippen LogP contribution in [0.25, 0.3) is 11.0 Å². The van der Waals surface area contributed by atoms with Crippen molar-refractivity contribution in [3.05, 3.63) is 30.1 Å². The van der Waals surface area contributed by atoms with Crippen molar-refractivity contribution in [2.24, 2.45) is 11.8 Å². The Balaban J connectivity index is 1.35. The third kappa shape index (κ3) is 5.38. The van der Waals surface area contributed by atoms with E-state index in [0.29, 0.717) is 48.6 Å². The van der Waals surface area contributed by atoms with Crippen molar-refractivity contribution in [2.75, 3.05) is 31.1 Å². The van der Waals surface area contributed by atoms with Gasteiger partial charge in [0.1, 0.15) is 22.7 Å². The summed E-state index contributed by atoms with van der Waals surface area (Å²) in [7, 11) is 0. The highest BCUT2D eigenvalue weighted by Crippen LogP contribution is 2.30.